The molecule has 1 amide bonds. The number of alkyl halides is 3. The van der Waals surface area contributed by atoms with E-state index in [1.165, 1.54) is 24.1 Å². The molecule has 0 saturated heterocycles. The highest BCUT2D eigenvalue weighted by molar-refractivity contribution is 7.87. The lowest BCUT2D eigenvalue weighted by Gasteiger charge is -2.29. The highest BCUT2D eigenvalue weighted by Gasteiger charge is 2.32. The molecule has 0 unspecified atom stereocenters. The summed E-state index contributed by atoms with van der Waals surface area (Å²) in [6.07, 6.45) is -4.04. The molecule has 0 spiro atoms. The summed E-state index contributed by atoms with van der Waals surface area (Å²) in [6, 6.07) is 9.32. The highest BCUT2D eigenvalue weighted by atomic mass is 32.2. The monoisotopic (exact) mass is 459 g/mol. The fourth-order valence-electron chi connectivity index (χ4n) is 2.81. The van der Waals surface area contributed by atoms with Crippen LogP contribution in [0.1, 0.15) is 31.4 Å². The first-order valence-corrected chi connectivity index (χ1v) is 10.9. The van der Waals surface area contributed by atoms with E-state index in [-0.39, 0.29) is 30.9 Å². The van der Waals surface area contributed by atoms with E-state index in [4.69, 9.17) is 8.92 Å². The van der Waals surface area contributed by atoms with E-state index in [9.17, 15) is 26.4 Å². The molecule has 0 aliphatic carbocycles. The second-order valence-corrected chi connectivity index (χ2v) is 8.43. The molecule has 0 aliphatic rings. The number of hydrogen-bond donors (Lipinski definition) is 0. The standard InChI is InChI=1S/C21H24F3NO5S/c1-4-15(2)25(20(26)14-29-3)13-16-8-5-6-11-19(16)30-31(27,28)18-10-7-9-17(12-18)21(22,23)24/h5-12,15H,4,13-14H2,1-3H3/t15-/m1/s1. The Hall–Kier alpha value is -2.59. The van der Waals surface area contributed by atoms with Crippen molar-refractivity contribution >= 4 is 16.0 Å². The molecule has 0 aliphatic heterocycles. The third-order valence-corrected chi connectivity index (χ3v) is 5.90. The van der Waals surface area contributed by atoms with Crippen molar-refractivity contribution in [1.82, 2.24) is 4.90 Å². The minimum atomic E-state index is -4.69. The molecule has 31 heavy (non-hydrogen) atoms. The summed E-state index contributed by atoms with van der Waals surface area (Å²) in [5.41, 5.74) is -0.707. The molecule has 0 saturated carbocycles. The fraction of sp³-hybridized carbons (Fsp3) is 0.381. The number of methoxy groups -OCH3 is 1. The van der Waals surface area contributed by atoms with Crippen molar-refractivity contribution in [3.05, 3.63) is 59.7 Å². The third kappa shape index (κ3) is 6.44. The van der Waals surface area contributed by atoms with Crippen molar-refractivity contribution in [3.8, 4) is 5.75 Å². The van der Waals surface area contributed by atoms with Crippen LogP contribution in [-0.4, -0.2) is 39.0 Å². The highest BCUT2D eigenvalue weighted by Crippen LogP contribution is 2.31. The van der Waals surface area contributed by atoms with Gasteiger partial charge in [-0.3, -0.25) is 4.79 Å². The Morgan fingerprint density at radius 1 is 1.13 bits per heavy atom. The van der Waals surface area contributed by atoms with Gasteiger partial charge < -0.3 is 13.8 Å². The zero-order valence-corrected chi connectivity index (χ0v) is 18.2. The van der Waals surface area contributed by atoms with E-state index in [2.05, 4.69) is 0 Å². The molecular formula is C21H24F3NO5S. The van der Waals surface area contributed by atoms with Gasteiger partial charge in [0.2, 0.25) is 5.91 Å². The number of hydrogen-bond acceptors (Lipinski definition) is 5. The summed E-state index contributed by atoms with van der Waals surface area (Å²) >= 11 is 0. The van der Waals surface area contributed by atoms with Gasteiger partial charge in [0.1, 0.15) is 17.3 Å². The lowest BCUT2D eigenvalue weighted by molar-refractivity contribution is -0.138. The van der Waals surface area contributed by atoms with Crippen LogP contribution in [0.3, 0.4) is 0 Å². The van der Waals surface area contributed by atoms with Gasteiger partial charge in [0.25, 0.3) is 0 Å². The first-order chi connectivity index (χ1) is 14.5. The topological polar surface area (TPSA) is 72.9 Å². The minimum absolute atomic E-state index is 0.0471. The predicted octanol–water partition coefficient (Wildman–Crippen LogP) is 4.25. The normalized spacial score (nSPS) is 13.0. The molecule has 2 aromatic rings. The average molecular weight is 459 g/mol. The molecule has 10 heteroatoms. The maximum Gasteiger partial charge on any atom is 0.416 e. The Morgan fingerprint density at radius 2 is 1.81 bits per heavy atom. The number of ether oxygens (including phenoxy) is 1. The lowest BCUT2D eigenvalue weighted by atomic mass is 10.1. The van der Waals surface area contributed by atoms with Gasteiger partial charge in [-0.15, -0.1) is 0 Å². The Bertz CT molecular complexity index is 1010. The van der Waals surface area contributed by atoms with Gasteiger partial charge in [-0.1, -0.05) is 31.2 Å². The molecule has 2 aromatic carbocycles. The van der Waals surface area contributed by atoms with Gasteiger partial charge in [-0.2, -0.15) is 21.6 Å². The van der Waals surface area contributed by atoms with Gasteiger partial charge in [0.05, 0.1) is 5.56 Å². The van der Waals surface area contributed by atoms with Crippen LogP contribution in [0.5, 0.6) is 5.75 Å². The lowest BCUT2D eigenvalue weighted by Crippen LogP contribution is -2.40. The van der Waals surface area contributed by atoms with E-state index in [1.807, 2.05) is 13.8 Å². The van der Waals surface area contributed by atoms with Gasteiger partial charge in [0.15, 0.2) is 0 Å². The van der Waals surface area contributed by atoms with Crippen molar-refractivity contribution in [3.63, 3.8) is 0 Å². The zero-order chi connectivity index (χ0) is 23.2. The Labute approximate surface area is 179 Å². The van der Waals surface area contributed by atoms with E-state index in [0.29, 0.717) is 18.1 Å². The fourth-order valence-corrected chi connectivity index (χ4v) is 3.82. The van der Waals surface area contributed by atoms with Crippen molar-refractivity contribution in [2.45, 2.75) is 43.9 Å². The van der Waals surface area contributed by atoms with E-state index in [0.717, 1.165) is 18.2 Å². The van der Waals surface area contributed by atoms with Crippen LogP contribution >= 0.6 is 0 Å². The quantitative estimate of drug-likeness (QED) is 0.525. The van der Waals surface area contributed by atoms with Crippen LogP contribution in [0.15, 0.2) is 53.4 Å². The number of carbonyl (C=O) groups excluding carboxylic acids is 1. The molecule has 0 heterocycles. The summed E-state index contributed by atoms with van der Waals surface area (Å²) < 4.78 is 74.3. The average Bonchev–Trinajstić information content (AvgIpc) is 2.72. The van der Waals surface area contributed by atoms with E-state index < -0.39 is 26.8 Å². The summed E-state index contributed by atoms with van der Waals surface area (Å²) in [7, 11) is -3.14. The van der Waals surface area contributed by atoms with Crippen LogP contribution in [0.25, 0.3) is 0 Å². The molecule has 0 fully saturated rings. The number of amides is 1. The molecule has 170 valence electrons. The number of rotatable bonds is 9. The molecule has 6 nitrogen and oxygen atoms in total. The maximum absolute atomic E-state index is 13.0. The predicted molar refractivity (Wildman–Crippen MR) is 108 cm³/mol. The smallest absolute Gasteiger partial charge is 0.379 e. The van der Waals surface area contributed by atoms with Gasteiger partial charge >= 0.3 is 16.3 Å². The summed E-state index contributed by atoms with van der Waals surface area (Å²) in [6.45, 7) is 3.65. The van der Waals surface area contributed by atoms with Crippen molar-refractivity contribution in [2.75, 3.05) is 13.7 Å². The Morgan fingerprint density at radius 3 is 2.42 bits per heavy atom. The van der Waals surface area contributed by atoms with Crippen molar-refractivity contribution < 1.29 is 35.3 Å². The molecule has 0 N–H and O–H groups in total. The maximum atomic E-state index is 13.0. The molecule has 0 radical (unpaired) electrons. The van der Waals surface area contributed by atoms with E-state index >= 15 is 0 Å². The summed E-state index contributed by atoms with van der Waals surface area (Å²) in [5, 5.41) is 0. The second kappa shape index (κ2) is 10.1. The Kier molecular flexibility index (Phi) is 8.08. The third-order valence-electron chi connectivity index (χ3n) is 4.67. The molecule has 2 rings (SSSR count). The summed E-state index contributed by atoms with van der Waals surface area (Å²) in [5.74, 6) is -0.356. The van der Waals surface area contributed by atoms with Gasteiger partial charge in [-0.25, -0.2) is 0 Å². The van der Waals surface area contributed by atoms with Crippen LogP contribution in [-0.2, 0) is 32.4 Å². The number of halogens is 3. The van der Waals surface area contributed by atoms with Gasteiger partial charge in [-0.05, 0) is 37.6 Å². The SMILES string of the molecule is CC[C@@H](C)N(Cc1ccccc1OS(=O)(=O)c1cccc(C(F)(F)F)c1)C(=O)COC. The number of nitrogens with zero attached hydrogens (tertiary/aromatic N) is 1. The second-order valence-electron chi connectivity index (χ2n) is 6.88. The molecule has 0 aromatic heterocycles. The molecule has 0 bridgehead atoms. The van der Waals surface area contributed by atoms with Crippen LogP contribution < -0.4 is 4.18 Å². The first-order valence-electron chi connectivity index (χ1n) is 9.47. The first kappa shape index (κ1) is 24.7. The zero-order valence-electron chi connectivity index (χ0n) is 17.3. The minimum Gasteiger partial charge on any atom is -0.379 e. The Balaban J connectivity index is 2.36. The van der Waals surface area contributed by atoms with Crippen molar-refractivity contribution in [1.29, 1.82) is 0 Å². The molecular weight excluding hydrogens is 435 g/mol. The van der Waals surface area contributed by atoms with Gasteiger partial charge in [0, 0.05) is 25.3 Å². The van der Waals surface area contributed by atoms with Crippen LogP contribution in [0.4, 0.5) is 13.2 Å². The summed E-state index contributed by atoms with van der Waals surface area (Å²) in [4.78, 5) is 13.3. The number of benzene rings is 2. The number of para-hydroxylation sites is 1. The van der Waals surface area contributed by atoms with E-state index in [1.54, 1.807) is 12.1 Å². The van der Waals surface area contributed by atoms with Crippen molar-refractivity contribution in [2.24, 2.45) is 0 Å². The number of carbonyl (C=O) groups is 1. The molecule has 1 atom stereocenters. The van der Waals surface area contributed by atoms with Crippen LogP contribution in [0.2, 0.25) is 0 Å². The van der Waals surface area contributed by atoms with Crippen LogP contribution in [0, 0.1) is 0 Å². The largest absolute Gasteiger partial charge is 0.416 e.